The lowest BCUT2D eigenvalue weighted by atomic mass is 10.3. The van der Waals surface area contributed by atoms with Gasteiger partial charge in [-0.05, 0) is 6.92 Å². The number of carboxylic acids is 1. The molecule has 13 heavy (non-hydrogen) atoms. The fourth-order valence-electron chi connectivity index (χ4n) is 0.747. The average Bonchev–Trinajstić information content (AvgIpc) is 2.30. The summed E-state index contributed by atoms with van der Waals surface area (Å²) in [5.41, 5.74) is 0.453. The molecular weight excluding hydrogens is 176 g/mol. The minimum atomic E-state index is -1.12. The molecule has 5 nitrogen and oxygen atoms in total. The van der Waals surface area contributed by atoms with Gasteiger partial charge in [-0.25, -0.2) is 9.59 Å². The normalized spacial score (nSPS) is 21.5. The zero-order chi connectivity index (χ0) is 9.84. The van der Waals surface area contributed by atoms with Gasteiger partial charge in [0.2, 0.25) is 0 Å². The molecule has 0 saturated heterocycles. The second-order valence-electron chi connectivity index (χ2n) is 2.40. The molecule has 1 aliphatic rings. The van der Waals surface area contributed by atoms with Crippen molar-refractivity contribution in [2.45, 2.75) is 13.2 Å². The van der Waals surface area contributed by atoms with Gasteiger partial charge in [0.1, 0.15) is 0 Å². The lowest BCUT2D eigenvalue weighted by Gasteiger charge is -2.05. The number of esters is 1. The van der Waals surface area contributed by atoms with E-state index in [-0.39, 0.29) is 0 Å². The quantitative estimate of drug-likeness (QED) is 0.391. The number of carbonyl (C=O) groups excluding carboxylic acids is 1. The highest BCUT2D eigenvalue weighted by Gasteiger charge is 2.22. The molecule has 1 heterocycles. The van der Waals surface area contributed by atoms with E-state index in [1.54, 1.807) is 6.92 Å². The number of carbonyl (C=O) groups is 2. The molecule has 0 spiro atoms. The van der Waals surface area contributed by atoms with Gasteiger partial charge in [-0.3, -0.25) is 0 Å². The Balaban J connectivity index is 2.41. The monoisotopic (exact) mass is 184 g/mol. The summed E-state index contributed by atoms with van der Waals surface area (Å²) in [7, 11) is 0. The van der Waals surface area contributed by atoms with Crippen LogP contribution in [0.25, 0.3) is 0 Å². The number of carboxylic acid groups (broad SMARTS) is 1. The predicted octanol–water partition coefficient (Wildman–Crippen LogP) is 0.430. The Bertz CT molecular complexity index is 289. The van der Waals surface area contributed by atoms with Gasteiger partial charge in [0, 0.05) is 11.6 Å². The molecule has 1 rings (SSSR count). The molecule has 70 valence electrons. The van der Waals surface area contributed by atoms with Gasteiger partial charge in [0.15, 0.2) is 0 Å². The first-order chi connectivity index (χ1) is 6.09. The second kappa shape index (κ2) is 3.75. The Morgan fingerprint density at radius 1 is 1.77 bits per heavy atom. The molecule has 1 aliphatic heterocycles. The van der Waals surface area contributed by atoms with Gasteiger partial charge in [-0.15, -0.1) is 0 Å². The Morgan fingerprint density at radius 3 is 2.92 bits per heavy atom. The van der Waals surface area contributed by atoms with Crippen molar-refractivity contribution in [3.05, 3.63) is 24.0 Å². The van der Waals surface area contributed by atoms with Crippen molar-refractivity contribution in [2.24, 2.45) is 0 Å². The van der Waals surface area contributed by atoms with E-state index in [4.69, 9.17) is 9.84 Å². The van der Waals surface area contributed by atoms with Gasteiger partial charge >= 0.3 is 11.9 Å². The summed E-state index contributed by atoms with van der Waals surface area (Å²) in [5, 5.41) is 8.20. The molecule has 0 bridgehead atoms. The molecule has 1 atom stereocenters. The third-order valence-electron chi connectivity index (χ3n) is 1.35. The van der Waals surface area contributed by atoms with Crippen LogP contribution in [0.1, 0.15) is 6.92 Å². The lowest BCUT2D eigenvalue weighted by Crippen LogP contribution is -2.09. The van der Waals surface area contributed by atoms with E-state index >= 15 is 0 Å². The van der Waals surface area contributed by atoms with Crippen LogP contribution in [-0.4, -0.2) is 23.3 Å². The van der Waals surface area contributed by atoms with Crippen LogP contribution in [0.4, 0.5) is 0 Å². The SMILES string of the molecule is CC1=C[C@H](O/C=C/C(=O)O)OC1=O. The molecule has 0 aliphatic carbocycles. The highest BCUT2D eigenvalue weighted by atomic mass is 16.7. The summed E-state index contributed by atoms with van der Waals surface area (Å²) in [6.07, 6.45) is 2.45. The van der Waals surface area contributed by atoms with Crippen LogP contribution in [0.2, 0.25) is 0 Å². The maximum absolute atomic E-state index is 10.8. The van der Waals surface area contributed by atoms with Crippen LogP contribution < -0.4 is 0 Å². The summed E-state index contributed by atoms with van der Waals surface area (Å²) in [6.45, 7) is 1.59. The molecule has 1 N–H and O–H groups in total. The van der Waals surface area contributed by atoms with Crippen molar-refractivity contribution in [2.75, 3.05) is 0 Å². The molecule has 0 fully saturated rings. The molecule has 0 amide bonds. The maximum atomic E-state index is 10.8. The number of hydrogen-bond acceptors (Lipinski definition) is 4. The highest BCUT2D eigenvalue weighted by Crippen LogP contribution is 2.13. The fraction of sp³-hybridized carbons (Fsp3) is 0.250. The topological polar surface area (TPSA) is 72.8 Å². The van der Waals surface area contributed by atoms with E-state index in [2.05, 4.69) is 4.74 Å². The summed E-state index contributed by atoms with van der Waals surface area (Å²) < 4.78 is 9.43. The van der Waals surface area contributed by atoms with Gasteiger partial charge in [0.25, 0.3) is 6.29 Å². The summed E-state index contributed by atoms with van der Waals surface area (Å²) in [6, 6.07) is 0. The molecular formula is C8H8O5. The zero-order valence-electron chi connectivity index (χ0n) is 6.89. The van der Waals surface area contributed by atoms with Gasteiger partial charge in [0.05, 0.1) is 12.3 Å². The van der Waals surface area contributed by atoms with Crippen LogP contribution in [0.5, 0.6) is 0 Å². The van der Waals surface area contributed by atoms with Crippen molar-refractivity contribution >= 4 is 11.9 Å². The third-order valence-corrected chi connectivity index (χ3v) is 1.35. The molecule has 5 heteroatoms. The largest absolute Gasteiger partial charge is 0.478 e. The molecule has 0 aromatic carbocycles. The fourth-order valence-corrected chi connectivity index (χ4v) is 0.747. The molecule has 0 unspecified atom stereocenters. The Kier molecular flexibility index (Phi) is 2.69. The minimum absolute atomic E-state index is 0.450. The van der Waals surface area contributed by atoms with Gasteiger partial charge in [-0.1, -0.05) is 0 Å². The first-order valence-corrected chi connectivity index (χ1v) is 3.54. The van der Waals surface area contributed by atoms with Crippen molar-refractivity contribution in [1.29, 1.82) is 0 Å². The second-order valence-corrected chi connectivity index (χ2v) is 2.40. The number of aliphatic carboxylic acids is 1. The highest BCUT2D eigenvalue weighted by molar-refractivity contribution is 5.89. The average molecular weight is 184 g/mol. The number of rotatable bonds is 3. The van der Waals surface area contributed by atoms with E-state index in [9.17, 15) is 9.59 Å². The van der Waals surface area contributed by atoms with Crippen LogP contribution in [-0.2, 0) is 19.1 Å². The van der Waals surface area contributed by atoms with E-state index in [0.29, 0.717) is 5.57 Å². The maximum Gasteiger partial charge on any atom is 0.336 e. The van der Waals surface area contributed by atoms with Gasteiger partial charge in [-0.2, -0.15) is 0 Å². The van der Waals surface area contributed by atoms with Crippen molar-refractivity contribution in [3.8, 4) is 0 Å². The van der Waals surface area contributed by atoms with Gasteiger partial charge < -0.3 is 14.6 Å². The lowest BCUT2D eigenvalue weighted by molar-refractivity contribution is -0.152. The number of cyclic esters (lactones) is 1. The number of ether oxygens (including phenoxy) is 2. The molecule has 0 aromatic rings. The zero-order valence-corrected chi connectivity index (χ0v) is 6.89. The van der Waals surface area contributed by atoms with Crippen LogP contribution in [0, 0.1) is 0 Å². The van der Waals surface area contributed by atoms with Crippen LogP contribution in [0.3, 0.4) is 0 Å². The third kappa shape index (κ3) is 2.62. The smallest absolute Gasteiger partial charge is 0.336 e. The number of hydrogen-bond donors (Lipinski definition) is 1. The molecule has 0 aromatic heterocycles. The van der Waals surface area contributed by atoms with Crippen molar-refractivity contribution in [3.63, 3.8) is 0 Å². The standard InChI is InChI=1S/C8H8O5/c1-5-4-7(13-8(5)11)12-3-2-6(9)10/h2-4,7H,1H3,(H,9,10)/b3-2+/t7-/m1/s1. The van der Waals surface area contributed by atoms with E-state index in [0.717, 1.165) is 12.3 Å². The predicted molar refractivity (Wildman–Crippen MR) is 41.5 cm³/mol. The van der Waals surface area contributed by atoms with E-state index < -0.39 is 18.2 Å². The summed E-state index contributed by atoms with van der Waals surface area (Å²) in [4.78, 5) is 20.8. The van der Waals surface area contributed by atoms with Crippen molar-refractivity contribution in [1.82, 2.24) is 0 Å². The van der Waals surface area contributed by atoms with E-state index in [1.807, 2.05) is 0 Å². The summed E-state index contributed by atoms with van der Waals surface area (Å²) in [5.74, 6) is -1.57. The van der Waals surface area contributed by atoms with Crippen molar-refractivity contribution < 1.29 is 24.2 Å². The molecule has 0 saturated carbocycles. The Morgan fingerprint density at radius 2 is 2.46 bits per heavy atom. The summed E-state index contributed by atoms with van der Waals surface area (Å²) >= 11 is 0. The first-order valence-electron chi connectivity index (χ1n) is 3.54. The first kappa shape index (κ1) is 9.31. The Hall–Kier alpha value is -1.78. The van der Waals surface area contributed by atoms with E-state index in [1.165, 1.54) is 6.08 Å². The molecule has 0 radical (unpaired) electrons. The van der Waals surface area contributed by atoms with Crippen LogP contribution >= 0.6 is 0 Å². The minimum Gasteiger partial charge on any atom is -0.478 e. The van der Waals surface area contributed by atoms with Crippen LogP contribution in [0.15, 0.2) is 24.0 Å². The Labute approximate surface area is 74.3 Å².